The molecular formula is C13H22N2O. The van der Waals surface area contributed by atoms with Crippen LogP contribution in [0.15, 0.2) is 18.3 Å². The number of carbonyl (C=O) groups is 1. The van der Waals surface area contributed by atoms with Crippen molar-refractivity contribution >= 4 is 6.29 Å². The molecule has 0 atom stereocenters. The van der Waals surface area contributed by atoms with Crippen molar-refractivity contribution in [1.82, 2.24) is 10.3 Å². The summed E-state index contributed by atoms with van der Waals surface area (Å²) in [7, 11) is 2.01. The molecule has 3 nitrogen and oxygen atoms in total. The highest BCUT2D eigenvalue weighted by Crippen LogP contribution is 2.16. The fourth-order valence-corrected chi connectivity index (χ4v) is 0.921. The monoisotopic (exact) mass is 222 g/mol. The lowest BCUT2D eigenvalue weighted by Crippen LogP contribution is -2.06. The average molecular weight is 222 g/mol. The molecule has 0 bridgehead atoms. The second-order valence-electron chi connectivity index (χ2n) is 3.44. The molecule has 0 aromatic carbocycles. The largest absolute Gasteiger partial charge is 0.317 e. The first-order chi connectivity index (χ1) is 7.76. The Morgan fingerprint density at radius 1 is 1.38 bits per heavy atom. The van der Waals surface area contributed by atoms with E-state index in [0.29, 0.717) is 5.69 Å². The molecule has 1 fully saturated rings. The van der Waals surface area contributed by atoms with Crippen LogP contribution in [0, 0.1) is 6.92 Å². The lowest BCUT2D eigenvalue weighted by molar-refractivity contribution is 0.111. The van der Waals surface area contributed by atoms with Gasteiger partial charge in [-0.2, -0.15) is 0 Å². The van der Waals surface area contributed by atoms with Crippen LogP contribution in [0.5, 0.6) is 0 Å². The molecule has 0 aliphatic heterocycles. The number of aldehydes is 1. The third-order valence-electron chi connectivity index (χ3n) is 2.04. The Hall–Kier alpha value is -1.22. The van der Waals surface area contributed by atoms with E-state index in [1.54, 1.807) is 12.3 Å². The predicted molar refractivity (Wildman–Crippen MR) is 67.8 cm³/mol. The zero-order chi connectivity index (χ0) is 12.4. The third kappa shape index (κ3) is 7.12. The molecule has 2 rings (SSSR count). The standard InChI is InChI=1S/C7H7NO.C4H9N.C2H6/c1-6-2-3-7(5-9)8-4-6;1-5-4-2-3-4;1-2/h2-5H,1H3;4-5H,2-3H2,1H3;1-2H3. The number of hydrogen-bond acceptors (Lipinski definition) is 3. The van der Waals surface area contributed by atoms with Gasteiger partial charge in [-0.05, 0) is 38.4 Å². The molecule has 1 heterocycles. The fourth-order valence-electron chi connectivity index (χ4n) is 0.921. The van der Waals surface area contributed by atoms with E-state index in [4.69, 9.17) is 0 Å². The zero-order valence-electron chi connectivity index (χ0n) is 10.7. The van der Waals surface area contributed by atoms with Crippen LogP contribution in [0.2, 0.25) is 0 Å². The molecule has 0 unspecified atom stereocenters. The van der Waals surface area contributed by atoms with Crippen molar-refractivity contribution in [1.29, 1.82) is 0 Å². The van der Waals surface area contributed by atoms with E-state index in [-0.39, 0.29) is 0 Å². The maximum Gasteiger partial charge on any atom is 0.168 e. The Balaban J connectivity index is 0.000000272. The quantitative estimate of drug-likeness (QED) is 0.782. The van der Waals surface area contributed by atoms with Crippen molar-refractivity contribution < 1.29 is 4.79 Å². The molecule has 1 saturated carbocycles. The van der Waals surface area contributed by atoms with Crippen LogP contribution in [0.3, 0.4) is 0 Å². The van der Waals surface area contributed by atoms with Gasteiger partial charge in [0.1, 0.15) is 5.69 Å². The number of carbonyl (C=O) groups excluding carboxylic acids is 1. The van der Waals surface area contributed by atoms with Crippen molar-refractivity contribution in [3.05, 3.63) is 29.6 Å². The average Bonchev–Trinajstić information content (AvgIpc) is 3.17. The van der Waals surface area contributed by atoms with Gasteiger partial charge in [-0.3, -0.25) is 9.78 Å². The van der Waals surface area contributed by atoms with E-state index < -0.39 is 0 Å². The molecular weight excluding hydrogens is 200 g/mol. The molecule has 0 amide bonds. The molecule has 0 radical (unpaired) electrons. The van der Waals surface area contributed by atoms with Gasteiger partial charge in [0, 0.05) is 12.2 Å². The van der Waals surface area contributed by atoms with Crippen LogP contribution in [0.1, 0.15) is 42.7 Å². The fraction of sp³-hybridized carbons (Fsp3) is 0.538. The van der Waals surface area contributed by atoms with Crippen molar-refractivity contribution in [3.8, 4) is 0 Å². The smallest absolute Gasteiger partial charge is 0.168 e. The number of rotatable bonds is 2. The Kier molecular flexibility index (Phi) is 8.35. The number of hydrogen-bond donors (Lipinski definition) is 1. The minimum atomic E-state index is 0.487. The first-order valence-electron chi connectivity index (χ1n) is 5.81. The van der Waals surface area contributed by atoms with Crippen LogP contribution >= 0.6 is 0 Å². The van der Waals surface area contributed by atoms with Crippen LogP contribution in [0.4, 0.5) is 0 Å². The van der Waals surface area contributed by atoms with Crippen LogP contribution < -0.4 is 5.32 Å². The van der Waals surface area contributed by atoms with Gasteiger partial charge >= 0.3 is 0 Å². The summed E-state index contributed by atoms with van der Waals surface area (Å²) in [6, 6.07) is 4.44. The molecule has 90 valence electrons. The molecule has 16 heavy (non-hydrogen) atoms. The summed E-state index contributed by atoms with van der Waals surface area (Å²) in [5.41, 5.74) is 1.56. The van der Waals surface area contributed by atoms with Crippen LogP contribution in [-0.2, 0) is 0 Å². The predicted octanol–water partition coefficient (Wildman–Crippen LogP) is 2.60. The Morgan fingerprint density at radius 2 is 2.00 bits per heavy atom. The minimum absolute atomic E-state index is 0.487. The normalized spacial score (nSPS) is 12.8. The highest BCUT2D eigenvalue weighted by molar-refractivity contribution is 5.71. The summed E-state index contributed by atoms with van der Waals surface area (Å²) in [6.45, 7) is 5.93. The maximum atomic E-state index is 10.1. The molecule has 0 saturated heterocycles. The zero-order valence-corrected chi connectivity index (χ0v) is 10.7. The maximum absolute atomic E-state index is 10.1. The number of nitrogens with zero attached hydrogens (tertiary/aromatic N) is 1. The summed E-state index contributed by atoms with van der Waals surface area (Å²) in [6.07, 6.45) is 5.20. The van der Waals surface area contributed by atoms with Gasteiger partial charge in [-0.1, -0.05) is 19.9 Å². The summed E-state index contributed by atoms with van der Waals surface area (Å²) < 4.78 is 0. The highest BCUT2D eigenvalue weighted by atomic mass is 16.1. The van der Waals surface area contributed by atoms with Gasteiger partial charge in [0.05, 0.1) is 0 Å². The summed E-state index contributed by atoms with van der Waals surface area (Å²) >= 11 is 0. The van der Waals surface area contributed by atoms with Crippen molar-refractivity contribution in [3.63, 3.8) is 0 Å². The van der Waals surface area contributed by atoms with Crippen molar-refractivity contribution in [2.75, 3.05) is 7.05 Å². The molecule has 1 N–H and O–H groups in total. The molecule has 3 heteroatoms. The number of aryl methyl sites for hydroxylation is 1. The van der Waals surface area contributed by atoms with Gasteiger partial charge in [-0.25, -0.2) is 0 Å². The molecule has 1 aliphatic carbocycles. The van der Waals surface area contributed by atoms with E-state index in [2.05, 4.69) is 10.3 Å². The SMILES string of the molecule is CC.CNC1CC1.Cc1ccc(C=O)nc1. The first-order valence-corrected chi connectivity index (χ1v) is 5.81. The minimum Gasteiger partial charge on any atom is -0.317 e. The van der Waals surface area contributed by atoms with Crippen molar-refractivity contribution in [2.24, 2.45) is 0 Å². The van der Waals surface area contributed by atoms with Gasteiger partial charge in [0.15, 0.2) is 6.29 Å². The van der Waals surface area contributed by atoms with Gasteiger partial charge in [0.2, 0.25) is 0 Å². The molecule has 1 aliphatic rings. The van der Waals surface area contributed by atoms with E-state index >= 15 is 0 Å². The second-order valence-corrected chi connectivity index (χ2v) is 3.44. The number of nitrogens with one attached hydrogen (secondary N) is 1. The number of pyridine rings is 1. The van der Waals surface area contributed by atoms with Gasteiger partial charge in [-0.15, -0.1) is 0 Å². The third-order valence-corrected chi connectivity index (χ3v) is 2.04. The molecule has 0 spiro atoms. The van der Waals surface area contributed by atoms with Gasteiger partial charge < -0.3 is 5.32 Å². The van der Waals surface area contributed by atoms with Crippen LogP contribution in [0.25, 0.3) is 0 Å². The lowest BCUT2D eigenvalue weighted by Gasteiger charge is -1.88. The second kappa shape index (κ2) is 9.04. The Bertz CT molecular complexity index is 278. The van der Waals surface area contributed by atoms with Gasteiger partial charge in [0.25, 0.3) is 0 Å². The van der Waals surface area contributed by atoms with Crippen LogP contribution in [-0.4, -0.2) is 24.4 Å². The van der Waals surface area contributed by atoms with E-state index in [1.807, 2.05) is 33.9 Å². The summed E-state index contributed by atoms with van der Waals surface area (Å²) in [5.74, 6) is 0. The van der Waals surface area contributed by atoms with E-state index in [0.717, 1.165) is 17.9 Å². The molecule has 1 aromatic rings. The summed E-state index contributed by atoms with van der Waals surface area (Å²) in [4.78, 5) is 13.9. The van der Waals surface area contributed by atoms with Crippen molar-refractivity contribution in [2.45, 2.75) is 39.7 Å². The topological polar surface area (TPSA) is 42.0 Å². The van der Waals surface area contributed by atoms with E-state index in [9.17, 15) is 4.79 Å². The summed E-state index contributed by atoms with van der Waals surface area (Å²) in [5, 5.41) is 3.14. The molecule has 1 aromatic heterocycles. The number of aromatic nitrogens is 1. The Morgan fingerprint density at radius 3 is 2.25 bits per heavy atom. The highest BCUT2D eigenvalue weighted by Gasteiger charge is 2.17. The van der Waals surface area contributed by atoms with E-state index in [1.165, 1.54) is 12.8 Å². The Labute approximate surface area is 98.3 Å². The first kappa shape index (κ1) is 14.8. The lowest BCUT2D eigenvalue weighted by atomic mass is 10.3.